The molecule has 0 spiro atoms. The van der Waals surface area contributed by atoms with Gasteiger partial charge in [0.25, 0.3) is 0 Å². The average Bonchev–Trinajstić information content (AvgIpc) is 1.63. The van der Waals surface area contributed by atoms with Crippen LogP contribution in [0.3, 0.4) is 0 Å². The van der Waals surface area contributed by atoms with Gasteiger partial charge in [0.2, 0.25) is 0 Å². The van der Waals surface area contributed by atoms with Crippen LogP contribution in [0.25, 0.3) is 0 Å². The summed E-state index contributed by atoms with van der Waals surface area (Å²) < 4.78 is 0. The molecule has 0 aromatic carbocycles. The van der Waals surface area contributed by atoms with E-state index in [1.807, 2.05) is 6.92 Å². The fourth-order valence-corrected chi connectivity index (χ4v) is 0.526. The summed E-state index contributed by atoms with van der Waals surface area (Å²) in [6, 6.07) is 0. The standard InChI is InChI=1S/C9H15/c1-8(2)6-5-7-9(3)4/h1,5-6H2,2-4H3. The molecule has 9 heavy (non-hydrogen) atoms. The van der Waals surface area contributed by atoms with Gasteiger partial charge < -0.3 is 0 Å². The molecule has 0 aromatic rings. The molecule has 0 aliphatic carbocycles. The minimum absolute atomic E-state index is 1.03. The number of allylic oxidation sites excluding steroid dienone is 3. The van der Waals surface area contributed by atoms with Crippen LogP contribution in [0.15, 0.2) is 17.7 Å². The Morgan fingerprint density at radius 2 is 1.89 bits per heavy atom. The molecule has 0 nitrogen and oxygen atoms in total. The molecule has 0 atom stereocenters. The Hall–Kier alpha value is -0.520. The lowest BCUT2D eigenvalue weighted by atomic mass is 10.1. The summed E-state index contributed by atoms with van der Waals surface area (Å²) in [4.78, 5) is 0. The zero-order valence-electron chi connectivity index (χ0n) is 6.62. The summed E-state index contributed by atoms with van der Waals surface area (Å²) in [5, 5.41) is 0. The molecule has 0 rings (SSSR count). The molecule has 51 valence electrons. The maximum absolute atomic E-state index is 3.80. The summed E-state index contributed by atoms with van der Waals surface area (Å²) in [5.74, 6) is 0. The van der Waals surface area contributed by atoms with Crippen molar-refractivity contribution in [3.05, 3.63) is 23.8 Å². The molecule has 0 aromatic heterocycles. The van der Waals surface area contributed by atoms with E-state index in [1.165, 1.54) is 11.1 Å². The van der Waals surface area contributed by atoms with Crippen molar-refractivity contribution in [2.75, 3.05) is 0 Å². The van der Waals surface area contributed by atoms with Crippen molar-refractivity contribution < 1.29 is 0 Å². The second-order valence-electron chi connectivity index (χ2n) is 2.63. The highest BCUT2D eigenvalue weighted by Gasteiger charge is 1.83. The van der Waals surface area contributed by atoms with Crippen LogP contribution in [-0.2, 0) is 0 Å². The van der Waals surface area contributed by atoms with Gasteiger partial charge in [-0.3, -0.25) is 0 Å². The van der Waals surface area contributed by atoms with Gasteiger partial charge in [-0.15, -0.1) is 6.58 Å². The Labute approximate surface area is 58.3 Å². The highest BCUT2D eigenvalue weighted by Crippen LogP contribution is 2.02. The fraction of sp³-hybridized carbons (Fsp3) is 0.556. The predicted octanol–water partition coefficient (Wildman–Crippen LogP) is 3.11. The van der Waals surface area contributed by atoms with Crippen molar-refractivity contribution in [2.24, 2.45) is 0 Å². The van der Waals surface area contributed by atoms with Crippen molar-refractivity contribution in [3.8, 4) is 0 Å². The van der Waals surface area contributed by atoms with Gasteiger partial charge in [-0.05, 0) is 39.7 Å². The molecule has 0 aliphatic rings. The monoisotopic (exact) mass is 123 g/mol. The highest BCUT2D eigenvalue weighted by molar-refractivity contribution is 4.92. The first-order valence-electron chi connectivity index (χ1n) is 3.31. The second kappa shape index (κ2) is 4.37. The lowest BCUT2D eigenvalue weighted by Crippen LogP contribution is -1.73. The molecule has 1 radical (unpaired) electrons. The van der Waals surface area contributed by atoms with Gasteiger partial charge in [0, 0.05) is 0 Å². The number of hydrogen-bond acceptors (Lipinski definition) is 0. The van der Waals surface area contributed by atoms with Crippen LogP contribution in [0.5, 0.6) is 0 Å². The third-order valence-electron chi connectivity index (χ3n) is 1.03. The SMILES string of the molecule is C=C(C)CC[C]=C(C)C. The van der Waals surface area contributed by atoms with Gasteiger partial charge in [0.15, 0.2) is 0 Å². The molecule has 0 heteroatoms. The first-order chi connectivity index (χ1) is 4.13. The Morgan fingerprint density at radius 3 is 2.22 bits per heavy atom. The Bertz CT molecular complexity index is 114. The van der Waals surface area contributed by atoms with Crippen molar-refractivity contribution in [1.82, 2.24) is 0 Å². The second-order valence-corrected chi connectivity index (χ2v) is 2.63. The summed E-state index contributed by atoms with van der Waals surface area (Å²) >= 11 is 0. The average molecular weight is 123 g/mol. The van der Waals surface area contributed by atoms with Gasteiger partial charge in [-0.25, -0.2) is 0 Å². The van der Waals surface area contributed by atoms with Crippen LogP contribution < -0.4 is 0 Å². The Kier molecular flexibility index (Phi) is 4.12. The number of rotatable bonds is 3. The minimum atomic E-state index is 1.03. The molecule has 0 aliphatic heterocycles. The van der Waals surface area contributed by atoms with E-state index in [0.29, 0.717) is 0 Å². The zero-order chi connectivity index (χ0) is 7.28. The normalized spacial score (nSPS) is 8.78. The molecular weight excluding hydrogens is 108 g/mol. The minimum Gasteiger partial charge on any atom is -0.100 e. The molecule has 0 N–H and O–H groups in total. The van der Waals surface area contributed by atoms with Crippen LogP contribution >= 0.6 is 0 Å². The largest absolute Gasteiger partial charge is 0.100 e. The van der Waals surface area contributed by atoms with Crippen LogP contribution in [-0.4, -0.2) is 0 Å². The first-order valence-corrected chi connectivity index (χ1v) is 3.31. The van der Waals surface area contributed by atoms with Crippen molar-refractivity contribution in [1.29, 1.82) is 0 Å². The molecule has 0 unspecified atom stereocenters. The highest BCUT2D eigenvalue weighted by atomic mass is 13.9. The van der Waals surface area contributed by atoms with E-state index in [9.17, 15) is 0 Å². The Morgan fingerprint density at radius 1 is 1.33 bits per heavy atom. The van der Waals surface area contributed by atoms with Crippen LogP contribution in [0.4, 0.5) is 0 Å². The summed E-state index contributed by atoms with van der Waals surface area (Å²) in [7, 11) is 0. The molecule has 0 saturated heterocycles. The molecule has 0 saturated carbocycles. The van der Waals surface area contributed by atoms with Gasteiger partial charge in [-0.1, -0.05) is 11.1 Å². The quantitative estimate of drug-likeness (QED) is 0.506. The van der Waals surface area contributed by atoms with E-state index >= 15 is 0 Å². The molecule has 0 heterocycles. The molecule has 0 amide bonds. The van der Waals surface area contributed by atoms with E-state index in [4.69, 9.17) is 0 Å². The maximum atomic E-state index is 3.80. The predicted molar refractivity (Wildman–Crippen MR) is 42.2 cm³/mol. The lowest BCUT2D eigenvalue weighted by molar-refractivity contribution is 0.951. The summed E-state index contributed by atoms with van der Waals surface area (Å²) in [6.45, 7) is 9.99. The molecule has 0 fully saturated rings. The van der Waals surface area contributed by atoms with E-state index in [2.05, 4.69) is 26.5 Å². The van der Waals surface area contributed by atoms with Gasteiger partial charge in [0.1, 0.15) is 0 Å². The maximum Gasteiger partial charge on any atom is -0.0240 e. The van der Waals surface area contributed by atoms with Gasteiger partial charge in [-0.2, -0.15) is 0 Å². The van der Waals surface area contributed by atoms with Crippen molar-refractivity contribution in [2.45, 2.75) is 33.6 Å². The lowest BCUT2D eigenvalue weighted by Gasteiger charge is -1.92. The number of hydrogen-bond donors (Lipinski definition) is 0. The van der Waals surface area contributed by atoms with E-state index in [-0.39, 0.29) is 0 Å². The smallest absolute Gasteiger partial charge is 0.0240 e. The first kappa shape index (κ1) is 8.48. The molecule has 0 bridgehead atoms. The van der Waals surface area contributed by atoms with E-state index in [1.54, 1.807) is 0 Å². The third-order valence-corrected chi connectivity index (χ3v) is 1.03. The summed E-state index contributed by atoms with van der Waals surface area (Å²) in [5.41, 5.74) is 2.51. The fourth-order valence-electron chi connectivity index (χ4n) is 0.526. The van der Waals surface area contributed by atoms with Crippen molar-refractivity contribution >= 4 is 0 Å². The summed E-state index contributed by atoms with van der Waals surface area (Å²) in [6.07, 6.45) is 5.33. The van der Waals surface area contributed by atoms with Gasteiger partial charge >= 0.3 is 0 Å². The van der Waals surface area contributed by atoms with Crippen LogP contribution in [0, 0.1) is 6.08 Å². The van der Waals surface area contributed by atoms with Crippen LogP contribution in [0.2, 0.25) is 0 Å². The topological polar surface area (TPSA) is 0 Å². The molecular formula is C9H15. The van der Waals surface area contributed by atoms with Crippen molar-refractivity contribution in [3.63, 3.8) is 0 Å². The Balaban J connectivity index is 3.31. The van der Waals surface area contributed by atoms with Crippen LogP contribution in [0.1, 0.15) is 33.6 Å². The van der Waals surface area contributed by atoms with E-state index in [0.717, 1.165) is 12.8 Å². The van der Waals surface area contributed by atoms with E-state index < -0.39 is 0 Å². The third kappa shape index (κ3) is 7.48. The van der Waals surface area contributed by atoms with Gasteiger partial charge in [0.05, 0.1) is 0 Å². The zero-order valence-corrected chi connectivity index (χ0v) is 6.62.